The maximum absolute atomic E-state index is 13.8. The largest absolute Gasteiger partial charge is 0.480 e. The van der Waals surface area contributed by atoms with Gasteiger partial charge >= 0.3 is 12.1 Å². The monoisotopic (exact) mass is 648 g/mol. The summed E-state index contributed by atoms with van der Waals surface area (Å²) in [5.74, 6) is -2.31. The third kappa shape index (κ3) is 9.19. The fraction of sp³-hybridized carbons (Fsp3) is 0.467. The van der Waals surface area contributed by atoms with E-state index in [1.165, 1.54) is 55.2 Å². The lowest BCUT2D eigenvalue weighted by Crippen LogP contribution is -2.55. The van der Waals surface area contributed by atoms with Crippen LogP contribution >= 0.6 is 11.8 Å². The van der Waals surface area contributed by atoms with Gasteiger partial charge in [0.05, 0.1) is 4.90 Å². The minimum atomic E-state index is -4.56. The normalized spacial score (nSPS) is 16.9. The van der Waals surface area contributed by atoms with Crippen LogP contribution in [0, 0.1) is 6.92 Å². The molecule has 2 aromatic carbocycles. The zero-order valence-electron chi connectivity index (χ0n) is 25.9. The molecule has 0 bridgehead atoms. The molecule has 0 aliphatic carbocycles. The molecule has 3 N–H and O–H groups in total. The van der Waals surface area contributed by atoms with Crippen LogP contribution in [0.15, 0.2) is 53.4 Å². The topological polar surface area (TPSA) is 162 Å². The van der Waals surface area contributed by atoms with Crippen molar-refractivity contribution in [1.29, 1.82) is 0 Å². The first-order valence-electron chi connectivity index (χ1n) is 13.9. The number of amides is 3. The van der Waals surface area contributed by atoms with Crippen LogP contribution in [0.1, 0.15) is 45.7 Å². The summed E-state index contributed by atoms with van der Waals surface area (Å²) in [6, 6.07) is 10.2. The lowest BCUT2D eigenvalue weighted by atomic mass is 10.1. The summed E-state index contributed by atoms with van der Waals surface area (Å²) < 4.78 is 33.4. The van der Waals surface area contributed by atoms with E-state index < -0.39 is 56.5 Å². The summed E-state index contributed by atoms with van der Waals surface area (Å²) in [6.45, 7) is 10.4. The van der Waals surface area contributed by atoms with Crippen LogP contribution in [-0.4, -0.2) is 88.5 Å². The Morgan fingerprint density at radius 2 is 1.68 bits per heavy atom. The SMILES string of the molecule is Cc1ccc(S(=O)(=O)N(C(=O)[C@H]2NC(C)(C)CS2)[C@@H](Cc2ccc(NC(=O)CN(C)C(=O)OC(C)(C)C)cc2)C(=O)O)cc1. The molecule has 44 heavy (non-hydrogen) atoms. The van der Waals surface area contributed by atoms with Crippen molar-refractivity contribution in [1.82, 2.24) is 14.5 Å². The lowest BCUT2D eigenvalue weighted by Gasteiger charge is -2.31. The molecule has 0 radical (unpaired) electrons. The zero-order valence-corrected chi connectivity index (χ0v) is 27.5. The standard InChI is InChI=1S/C30H40N4O8S2/c1-19-8-14-22(15-9-19)44(40,41)34(26(36)25-32-30(5,6)18-43-25)23(27(37)38)16-20-10-12-21(13-11-20)31-24(35)17-33(7)28(39)42-29(2,3)4/h8-15,23,25,32H,16-18H2,1-7H3,(H,31,35)(H,37,38)/t23-,25-/m0/s1. The molecule has 2 aromatic rings. The smallest absolute Gasteiger partial charge is 0.410 e. The first-order valence-corrected chi connectivity index (χ1v) is 16.4. The van der Waals surface area contributed by atoms with Crippen molar-refractivity contribution in [3.8, 4) is 0 Å². The summed E-state index contributed by atoms with van der Waals surface area (Å²) in [7, 11) is -3.13. The second-order valence-corrected chi connectivity index (χ2v) is 15.2. The van der Waals surface area contributed by atoms with E-state index >= 15 is 0 Å². The summed E-state index contributed by atoms with van der Waals surface area (Å²) in [4.78, 5) is 51.9. The number of ether oxygens (including phenoxy) is 1. The van der Waals surface area contributed by atoms with Crippen molar-refractivity contribution in [3.63, 3.8) is 0 Å². The molecule has 1 aliphatic rings. The Morgan fingerprint density at radius 1 is 1.09 bits per heavy atom. The highest BCUT2D eigenvalue weighted by molar-refractivity contribution is 8.01. The number of likely N-dealkylation sites (N-methyl/N-ethyl adjacent to an activating group) is 1. The van der Waals surface area contributed by atoms with Crippen LogP contribution in [0.5, 0.6) is 0 Å². The molecule has 14 heteroatoms. The first kappa shape index (κ1) is 34.9. The van der Waals surface area contributed by atoms with Gasteiger partial charge in [-0.25, -0.2) is 22.3 Å². The number of rotatable bonds is 10. The van der Waals surface area contributed by atoms with E-state index in [9.17, 15) is 32.7 Å². The summed E-state index contributed by atoms with van der Waals surface area (Å²) in [5, 5.41) is 15.0. The predicted molar refractivity (Wildman–Crippen MR) is 168 cm³/mol. The van der Waals surface area contributed by atoms with Crippen LogP contribution in [-0.2, 0) is 35.6 Å². The maximum atomic E-state index is 13.8. The number of benzene rings is 2. The Hall–Kier alpha value is -3.62. The van der Waals surface area contributed by atoms with Crippen LogP contribution in [0.4, 0.5) is 10.5 Å². The number of carbonyl (C=O) groups excluding carboxylic acids is 3. The number of hydrogen-bond donors (Lipinski definition) is 3. The quantitative estimate of drug-likeness (QED) is 0.348. The Balaban J connectivity index is 1.83. The van der Waals surface area contributed by atoms with Gasteiger partial charge in [0.15, 0.2) is 0 Å². The number of sulfonamides is 1. The summed E-state index contributed by atoms with van der Waals surface area (Å²) in [5.41, 5.74) is 0.428. The van der Waals surface area contributed by atoms with E-state index in [-0.39, 0.29) is 17.9 Å². The summed E-state index contributed by atoms with van der Waals surface area (Å²) >= 11 is 1.22. The molecule has 1 heterocycles. The zero-order chi connectivity index (χ0) is 33.0. The molecule has 0 aromatic heterocycles. The van der Waals surface area contributed by atoms with Crippen molar-refractivity contribution < 1.29 is 37.4 Å². The number of hydrogen-bond acceptors (Lipinski definition) is 9. The number of carbonyl (C=O) groups is 4. The van der Waals surface area contributed by atoms with E-state index in [0.717, 1.165) is 10.5 Å². The van der Waals surface area contributed by atoms with Crippen molar-refractivity contribution in [3.05, 3.63) is 59.7 Å². The maximum Gasteiger partial charge on any atom is 0.410 e. The molecule has 1 aliphatic heterocycles. The average Bonchev–Trinajstić information content (AvgIpc) is 3.27. The molecule has 0 saturated carbocycles. The number of nitrogens with zero attached hydrogens (tertiary/aromatic N) is 2. The number of carboxylic acid groups (broad SMARTS) is 1. The Kier molecular flexibility index (Phi) is 10.8. The van der Waals surface area contributed by atoms with Gasteiger partial charge in [0.25, 0.3) is 15.9 Å². The van der Waals surface area contributed by atoms with Gasteiger partial charge in [-0.05, 0) is 71.4 Å². The highest BCUT2D eigenvalue weighted by Gasteiger charge is 2.46. The van der Waals surface area contributed by atoms with Crippen molar-refractivity contribution >= 4 is 51.3 Å². The van der Waals surface area contributed by atoms with Crippen molar-refractivity contribution in [2.75, 3.05) is 24.7 Å². The fourth-order valence-corrected chi connectivity index (χ4v) is 7.22. The number of anilines is 1. The van der Waals surface area contributed by atoms with Crippen LogP contribution < -0.4 is 10.6 Å². The highest BCUT2D eigenvalue weighted by Crippen LogP contribution is 2.31. The van der Waals surface area contributed by atoms with Gasteiger partial charge in [-0.2, -0.15) is 0 Å². The number of thioether (sulfide) groups is 1. The molecule has 0 spiro atoms. The number of aryl methyl sites for hydroxylation is 1. The van der Waals surface area contributed by atoms with E-state index in [0.29, 0.717) is 21.3 Å². The Morgan fingerprint density at radius 3 is 2.18 bits per heavy atom. The molecule has 3 rings (SSSR count). The van der Waals surface area contributed by atoms with Crippen molar-refractivity contribution in [2.24, 2.45) is 0 Å². The van der Waals surface area contributed by atoms with Crippen LogP contribution in [0.25, 0.3) is 0 Å². The molecule has 1 fully saturated rings. The van der Waals surface area contributed by atoms with Crippen LogP contribution in [0.2, 0.25) is 0 Å². The van der Waals surface area contributed by atoms with E-state index in [2.05, 4.69) is 10.6 Å². The second kappa shape index (κ2) is 13.6. The first-order chi connectivity index (χ1) is 20.3. The van der Waals surface area contributed by atoms with Crippen molar-refractivity contribution in [2.45, 2.75) is 75.4 Å². The van der Waals surface area contributed by atoms with E-state index in [1.54, 1.807) is 39.8 Å². The number of carboxylic acids is 1. The second-order valence-electron chi connectivity index (χ2n) is 12.3. The van der Waals surface area contributed by atoms with Gasteiger partial charge in [0, 0.05) is 30.4 Å². The van der Waals surface area contributed by atoms with Gasteiger partial charge in [-0.1, -0.05) is 29.8 Å². The molecule has 1 saturated heterocycles. The molecule has 2 atom stereocenters. The van der Waals surface area contributed by atoms with Gasteiger partial charge in [0.1, 0.15) is 23.6 Å². The molecule has 240 valence electrons. The minimum absolute atomic E-state index is 0.195. The van der Waals surface area contributed by atoms with Gasteiger partial charge in [-0.15, -0.1) is 11.8 Å². The fourth-order valence-electron chi connectivity index (χ4n) is 4.28. The van der Waals surface area contributed by atoms with Gasteiger partial charge in [-0.3, -0.25) is 14.9 Å². The molecular formula is C30H40N4O8S2. The van der Waals surface area contributed by atoms with E-state index in [1.807, 2.05) is 13.8 Å². The molecular weight excluding hydrogens is 608 g/mol. The average molecular weight is 649 g/mol. The van der Waals surface area contributed by atoms with Gasteiger partial charge < -0.3 is 20.1 Å². The predicted octanol–water partition coefficient (Wildman–Crippen LogP) is 3.45. The third-order valence-electron chi connectivity index (χ3n) is 6.47. The summed E-state index contributed by atoms with van der Waals surface area (Å²) in [6.07, 6.45) is -0.972. The Bertz CT molecular complexity index is 1490. The van der Waals surface area contributed by atoms with Crippen LogP contribution in [0.3, 0.4) is 0 Å². The van der Waals surface area contributed by atoms with Gasteiger partial charge in [0.2, 0.25) is 5.91 Å². The number of aliphatic carboxylic acids is 1. The highest BCUT2D eigenvalue weighted by atomic mass is 32.2. The lowest BCUT2D eigenvalue weighted by molar-refractivity contribution is -0.146. The molecule has 3 amide bonds. The number of nitrogens with one attached hydrogen (secondary N) is 2. The molecule has 0 unspecified atom stereocenters. The van der Waals surface area contributed by atoms with E-state index in [4.69, 9.17) is 4.74 Å². The Labute approximate surface area is 262 Å². The molecule has 12 nitrogen and oxygen atoms in total. The third-order valence-corrected chi connectivity index (χ3v) is 9.83. The minimum Gasteiger partial charge on any atom is -0.480 e.